The fraction of sp³-hybridized carbons (Fsp3) is 0.294. The third kappa shape index (κ3) is 4.38. The summed E-state index contributed by atoms with van der Waals surface area (Å²) < 4.78 is 0. The molecule has 0 bridgehead atoms. The summed E-state index contributed by atoms with van der Waals surface area (Å²) in [5.41, 5.74) is 2.63. The molecule has 0 radical (unpaired) electrons. The van der Waals surface area contributed by atoms with Crippen molar-refractivity contribution in [3.8, 4) is 0 Å². The van der Waals surface area contributed by atoms with Gasteiger partial charge in [0.1, 0.15) is 0 Å². The quantitative estimate of drug-likeness (QED) is 0.838. The summed E-state index contributed by atoms with van der Waals surface area (Å²) in [6.45, 7) is 4.41. The summed E-state index contributed by atoms with van der Waals surface area (Å²) in [5.74, 6) is 0. The summed E-state index contributed by atoms with van der Waals surface area (Å²) in [6, 6.07) is 19.4. The lowest BCUT2D eigenvalue weighted by Gasteiger charge is -2.20. The first-order valence-electron chi connectivity index (χ1n) is 6.70. The SMILES string of the molecule is CC(Cc1ccccc1)N[C@H](C)c1ccc(Cl)cc1. The molecule has 0 amide bonds. The van der Waals surface area contributed by atoms with Gasteiger partial charge in [-0.25, -0.2) is 0 Å². The van der Waals surface area contributed by atoms with Gasteiger partial charge in [0.15, 0.2) is 0 Å². The Balaban J connectivity index is 1.91. The van der Waals surface area contributed by atoms with Gasteiger partial charge in [0.2, 0.25) is 0 Å². The van der Waals surface area contributed by atoms with Gasteiger partial charge in [-0.3, -0.25) is 0 Å². The third-order valence-electron chi connectivity index (χ3n) is 3.29. The zero-order valence-corrected chi connectivity index (χ0v) is 12.2. The van der Waals surface area contributed by atoms with Gasteiger partial charge in [-0.1, -0.05) is 54.1 Å². The highest BCUT2D eigenvalue weighted by molar-refractivity contribution is 6.30. The predicted octanol–water partition coefficient (Wildman–Crippen LogP) is 4.62. The summed E-state index contributed by atoms with van der Waals surface area (Å²) >= 11 is 5.91. The van der Waals surface area contributed by atoms with E-state index in [4.69, 9.17) is 11.6 Å². The largest absolute Gasteiger partial charge is 0.307 e. The van der Waals surface area contributed by atoms with Crippen molar-refractivity contribution in [1.82, 2.24) is 5.32 Å². The van der Waals surface area contributed by atoms with Crippen LogP contribution in [0.2, 0.25) is 5.02 Å². The average molecular weight is 274 g/mol. The maximum absolute atomic E-state index is 5.91. The normalized spacial score (nSPS) is 14.1. The van der Waals surface area contributed by atoms with Gasteiger partial charge >= 0.3 is 0 Å². The van der Waals surface area contributed by atoms with Crippen LogP contribution in [0.3, 0.4) is 0 Å². The number of benzene rings is 2. The minimum Gasteiger partial charge on any atom is -0.307 e. The lowest BCUT2D eigenvalue weighted by molar-refractivity contribution is 0.477. The average Bonchev–Trinajstić information content (AvgIpc) is 2.40. The first kappa shape index (κ1) is 14.1. The van der Waals surface area contributed by atoms with Crippen molar-refractivity contribution < 1.29 is 0 Å². The molecular formula is C17H20ClN. The van der Waals surface area contributed by atoms with E-state index >= 15 is 0 Å². The highest BCUT2D eigenvalue weighted by Crippen LogP contribution is 2.17. The first-order valence-corrected chi connectivity index (χ1v) is 7.08. The molecule has 2 aromatic rings. The van der Waals surface area contributed by atoms with E-state index in [1.807, 2.05) is 12.1 Å². The summed E-state index contributed by atoms with van der Waals surface area (Å²) in [6.07, 6.45) is 1.04. The van der Waals surface area contributed by atoms with Gasteiger partial charge in [0.25, 0.3) is 0 Å². The summed E-state index contributed by atoms with van der Waals surface area (Å²) in [5, 5.41) is 4.41. The van der Waals surface area contributed by atoms with Gasteiger partial charge in [0.05, 0.1) is 0 Å². The molecule has 1 nitrogen and oxygen atoms in total. The monoisotopic (exact) mass is 273 g/mol. The van der Waals surface area contributed by atoms with Crippen molar-refractivity contribution in [1.29, 1.82) is 0 Å². The predicted molar refractivity (Wildman–Crippen MR) is 82.6 cm³/mol. The van der Waals surface area contributed by atoms with Gasteiger partial charge < -0.3 is 5.32 Å². The Morgan fingerprint density at radius 1 is 0.947 bits per heavy atom. The highest BCUT2D eigenvalue weighted by atomic mass is 35.5. The van der Waals surface area contributed by atoms with Crippen molar-refractivity contribution >= 4 is 11.6 Å². The number of hydrogen-bond acceptors (Lipinski definition) is 1. The van der Waals surface area contributed by atoms with Gasteiger partial charge in [-0.2, -0.15) is 0 Å². The smallest absolute Gasteiger partial charge is 0.0406 e. The molecule has 0 aliphatic carbocycles. The molecule has 0 saturated carbocycles. The third-order valence-corrected chi connectivity index (χ3v) is 3.54. The fourth-order valence-electron chi connectivity index (χ4n) is 2.30. The molecule has 0 aliphatic rings. The molecule has 2 rings (SSSR count). The number of hydrogen-bond donors (Lipinski definition) is 1. The van der Waals surface area contributed by atoms with Gasteiger partial charge in [-0.15, -0.1) is 0 Å². The standard InChI is InChI=1S/C17H20ClN/c1-13(12-15-6-4-3-5-7-15)19-14(2)16-8-10-17(18)11-9-16/h3-11,13-14,19H,12H2,1-2H3/t13?,14-/m1/s1. The van der Waals surface area contributed by atoms with Gasteiger partial charge in [0, 0.05) is 17.1 Å². The van der Waals surface area contributed by atoms with Gasteiger partial charge in [-0.05, 0) is 43.5 Å². The van der Waals surface area contributed by atoms with Crippen LogP contribution in [0.5, 0.6) is 0 Å². The number of nitrogens with one attached hydrogen (secondary N) is 1. The molecule has 2 aromatic carbocycles. The van der Waals surface area contributed by atoms with E-state index in [1.165, 1.54) is 11.1 Å². The Kier molecular flexibility index (Phi) is 5.00. The van der Waals surface area contributed by atoms with Crippen LogP contribution in [0.15, 0.2) is 54.6 Å². The van der Waals surface area contributed by atoms with Crippen molar-refractivity contribution in [3.63, 3.8) is 0 Å². The van der Waals surface area contributed by atoms with E-state index in [2.05, 4.69) is 61.6 Å². The maximum Gasteiger partial charge on any atom is 0.0406 e. The second kappa shape index (κ2) is 6.74. The van der Waals surface area contributed by atoms with E-state index < -0.39 is 0 Å². The molecular weight excluding hydrogens is 254 g/mol. The van der Waals surface area contributed by atoms with Crippen LogP contribution in [0.25, 0.3) is 0 Å². The van der Waals surface area contributed by atoms with Crippen LogP contribution in [0, 0.1) is 0 Å². The van der Waals surface area contributed by atoms with E-state index in [0.29, 0.717) is 12.1 Å². The van der Waals surface area contributed by atoms with E-state index in [-0.39, 0.29) is 0 Å². The Labute approximate surface area is 120 Å². The van der Waals surface area contributed by atoms with Crippen LogP contribution in [-0.2, 0) is 6.42 Å². The second-order valence-electron chi connectivity index (χ2n) is 5.03. The van der Waals surface area contributed by atoms with Crippen LogP contribution in [0.4, 0.5) is 0 Å². The Morgan fingerprint density at radius 2 is 1.58 bits per heavy atom. The highest BCUT2D eigenvalue weighted by Gasteiger charge is 2.09. The minimum absolute atomic E-state index is 0.330. The zero-order chi connectivity index (χ0) is 13.7. The topological polar surface area (TPSA) is 12.0 Å². The zero-order valence-electron chi connectivity index (χ0n) is 11.4. The van der Waals surface area contributed by atoms with E-state index in [1.54, 1.807) is 0 Å². The Morgan fingerprint density at radius 3 is 2.21 bits per heavy atom. The van der Waals surface area contributed by atoms with Crippen molar-refractivity contribution in [2.45, 2.75) is 32.4 Å². The molecule has 1 unspecified atom stereocenters. The van der Waals surface area contributed by atoms with E-state index in [0.717, 1.165) is 11.4 Å². The van der Waals surface area contributed by atoms with Crippen LogP contribution >= 0.6 is 11.6 Å². The molecule has 1 N–H and O–H groups in total. The Hall–Kier alpha value is -1.31. The fourth-order valence-corrected chi connectivity index (χ4v) is 2.43. The summed E-state index contributed by atoms with van der Waals surface area (Å²) in [4.78, 5) is 0. The molecule has 0 fully saturated rings. The van der Waals surface area contributed by atoms with Crippen molar-refractivity contribution in [2.75, 3.05) is 0 Å². The molecule has 0 aliphatic heterocycles. The molecule has 0 saturated heterocycles. The molecule has 0 aromatic heterocycles. The van der Waals surface area contributed by atoms with Crippen LogP contribution in [0.1, 0.15) is 31.0 Å². The molecule has 2 atom stereocenters. The Bertz CT molecular complexity index is 492. The molecule has 2 heteroatoms. The number of rotatable bonds is 5. The minimum atomic E-state index is 0.330. The maximum atomic E-state index is 5.91. The number of halogens is 1. The molecule has 0 heterocycles. The first-order chi connectivity index (χ1) is 9.15. The second-order valence-corrected chi connectivity index (χ2v) is 5.47. The molecule has 0 spiro atoms. The van der Waals surface area contributed by atoms with Crippen molar-refractivity contribution in [2.24, 2.45) is 0 Å². The van der Waals surface area contributed by atoms with E-state index in [9.17, 15) is 0 Å². The van der Waals surface area contributed by atoms with Crippen LogP contribution in [-0.4, -0.2) is 6.04 Å². The lowest BCUT2D eigenvalue weighted by Crippen LogP contribution is -2.30. The van der Waals surface area contributed by atoms with Crippen molar-refractivity contribution in [3.05, 3.63) is 70.7 Å². The lowest BCUT2D eigenvalue weighted by atomic mass is 10.0. The molecule has 100 valence electrons. The summed E-state index contributed by atoms with van der Waals surface area (Å²) in [7, 11) is 0. The molecule has 19 heavy (non-hydrogen) atoms. The van der Waals surface area contributed by atoms with Crippen LogP contribution < -0.4 is 5.32 Å².